The maximum atomic E-state index is 13.0. The number of carbonyl (C=O) groups is 1. The number of aliphatic hydroxyl groups is 8. The minimum absolute atomic E-state index is 0.214. The van der Waals surface area contributed by atoms with Crippen LogP contribution < -0.4 is 0 Å². The van der Waals surface area contributed by atoms with Gasteiger partial charge in [0.1, 0.15) is 83.9 Å². The Kier molecular flexibility index (Phi) is 9.01. The van der Waals surface area contributed by atoms with Crippen LogP contribution in [0.4, 0.5) is 0 Å². The summed E-state index contributed by atoms with van der Waals surface area (Å²) in [5, 5.41) is 114. The van der Waals surface area contributed by atoms with Crippen LogP contribution in [0.1, 0.15) is 54.0 Å². The molecule has 0 saturated carbocycles. The molecular formula is C23H34O14. The fourth-order valence-corrected chi connectivity index (χ4v) is 4.71. The summed E-state index contributed by atoms with van der Waals surface area (Å²) in [5.74, 6) is -4.27. The number of aromatic hydroxyl groups is 3. The largest absolute Gasteiger partial charge is 0.507 e. The monoisotopic (exact) mass is 534 g/mol. The first-order chi connectivity index (χ1) is 17.3. The zero-order chi connectivity index (χ0) is 27.9. The Labute approximate surface area is 211 Å². The second kappa shape index (κ2) is 11.3. The molecular weight excluding hydrogens is 500 g/mol. The maximum Gasteiger partial charge on any atom is 0.170 e. The topological polar surface area (TPSA) is 258 Å². The van der Waals surface area contributed by atoms with E-state index in [0.717, 1.165) is 0 Å². The van der Waals surface area contributed by atoms with Crippen LogP contribution in [-0.4, -0.2) is 124 Å². The van der Waals surface area contributed by atoms with Gasteiger partial charge in [-0.2, -0.15) is 0 Å². The van der Waals surface area contributed by atoms with Crippen molar-refractivity contribution in [2.24, 2.45) is 5.92 Å². The van der Waals surface area contributed by atoms with Crippen LogP contribution in [0.25, 0.3) is 0 Å². The van der Waals surface area contributed by atoms with E-state index in [9.17, 15) is 61.0 Å². The average molecular weight is 535 g/mol. The lowest BCUT2D eigenvalue weighted by Crippen LogP contribution is -2.55. The van der Waals surface area contributed by atoms with E-state index in [1.54, 1.807) is 13.8 Å². The maximum absolute atomic E-state index is 13.0. The van der Waals surface area contributed by atoms with E-state index in [0.29, 0.717) is 0 Å². The molecule has 11 N–H and O–H groups in total. The van der Waals surface area contributed by atoms with E-state index in [1.165, 1.54) is 0 Å². The first-order valence-electron chi connectivity index (χ1n) is 11.7. The number of rotatable bonds is 7. The van der Waals surface area contributed by atoms with Crippen molar-refractivity contribution in [3.63, 3.8) is 0 Å². The first kappa shape index (κ1) is 29.4. The first-order valence-corrected chi connectivity index (χ1v) is 11.7. The second-order valence-electron chi connectivity index (χ2n) is 9.77. The minimum Gasteiger partial charge on any atom is -0.507 e. The summed E-state index contributed by atoms with van der Waals surface area (Å²) in [7, 11) is 0. The van der Waals surface area contributed by atoms with Gasteiger partial charge in [-0.3, -0.25) is 4.79 Å². The summed E-state index contributed by atoms with van der Waals surface area (Å²) in [5.41, 5.74) is -2.24. The van der Waals surface area contributed by atoms with Crippen LogP contribution in [0, 0.1) is 5.92 Å². The van der Waals surface area contributed by atoms with Crippen molar-refractivity contribution in [2.45, 2.75) is 81.3 Å². The molecule has 2 saturated heterocycles. The Morgan fingerprint density at radius 1 is 0.676 bits per heavy atom. The molecule has 0 aromatic heterocycles. The lowest BCUT2D eigenvalue weighted by atomic mass is 9.83. The van der Waals surface area contributed by atoms with Gasteiger partial charge in [0.15, 0.2) is 5.78 Å². The van der Waals surface area contributed by atoms with Crippen LogP contribution in [0.2, 0.25) is 0 Å². The van der Waals surface area contributed by atoms with E-state index in [-0.39, 0.29) is 12.3 Å². The smallest absolute Gasteiger partial charge is 0.170 e. The fraction of sp³-hybridized carbons (Fsp3) is 0.696. The van der Waals surface area contributed by atoms with Gasteiger partial charge in [-0.25, -0.2) is 0 Å². The van der Waals surface area contributed by atoms with Crippen LogP contribution >= 0.6 is 0 Å². The van der Waals surface area contributed by atoms with Crippen LogP contribution in [0.3, 0.4) is 0 Å². The average Bonchev–Trinajstić information content (AvgIpc) is 2.83. The van der Waals surface area contributed by atoms with Gasteiger partial charge in [0.25, 0.3) is 0 Å². The van der Waals surface area contributed by atoms with Crippen molar-refractivity contribution in [2.75, 3.05) is 13.2 Å². The second-order valence-corrected chi connectivity index (χ2v) is 9.77. The van der Waals surface area contributed by atoms with E-state index < -0.39 is 114 Å². The molecule has 0 radical (unpaired) electrons. The van der Waals surface area contributed by atoms with E-state index >= 15 is 0 Å². The van der Waals surface area contributed by atoms with E-state index in [1.807, 2.05) is 0 Å². The molecule has 0 amide bonds. The lowest BCUT2D eigenvalue weighted by molar-refractivity contribution is -0.234. The van der Waals surface area contributed by atoms with E-state index in [4.69, 9.17) is 9.47 Å². The number of phenols is 3. The van der Waals surface area contributed by atoms with Crippen molar-refractivity contribution >= 4 is 5.78 Å². The number of hydrogen-bond donors (Lipinski definition) is 11. The van der Waals surface area contributed by atoms with Crippen molar-refractivity contribution in [3.05, 3.63) is 16.7 Å². The molecule has 0 aliphatic carbocycles. The van der Waals surface area contributed by atoms with Crippen molar-refractivity contribution in [3.8, 4) is 17.2 Å². The predicted molar refractivity (Wildman–Crippen MR) is 121 cm³/mol. The molecule has 1 aromatic rings. The minimum atomic E-state index is -2.02. The summed E-state index contributed by atoms with van der Waals surface area (Å²) in [6.07, 6.45) is -18.4. The SMILES string of the molecule is CC(C)CC(=O)c1c(O)c(C2OC(CO)C(O)C(O)C2O)c(O)c(C2OC(CO)C(O)C(O)C2O)c1O. The third kappa shape index (κ3) is 5.14. The van der Waals surface area contributed by atoms with Gasteiger partial charge in [0, 0.05) is 6.42 Å². The number of aliphatic hydroxyl groups excluding tert-OH is 8. The number of ketones is 1. The molecule has 0 spiro atoms. The van der Waals surface area contributed by atoms with Crippen LogP contribution in [0.15, 0.2) is 0 Å². The van der Waals surface area contributed by atoms with Gasteiger partial charge in [0.05, 0.1) is 24.3 Å². The van der Waals surface area contributed by atoms with E-state index in [2.05, 4.69) is 0 Å². The Hall–Kier alpha value is -2.11. The normalized spacial score (nSPS) is 36.6. The molecule has 210 valence electrons. The third-order valence-electron chi connectivity index (χ3n) is 6.72. The number of ether oxygens (including phenoxy) is 2. The summed E-state index contributed by atoms with van der Waals surface area (Å²) < 4.78 is 10.9. The zero-order valence-electron chi connectivity index (χ0n) is 20.1. The van der Waals surface area contributed by atoms with Crippen molar-refractivity contribution < 1.29 is 70.4 Å². The third-order valence-corrected chi connectivity index (χ3v) is 6.72. The molecule has 2 fully saturated rings. The number of carbonyl (C=O) groups excluding carboxylic acids is 1. The summed E-state index contributed by atoms with van der Waals surface area (Å²) >= 11 is 0. The summed E-state index contributed by atoms with van der Waals surface area (Å²) in [4.78, 5) is 13.0. The zero-order valence-corrected chi connectivity index (χ0v) is 20.1. The highest BCUT2D eigenvalue weighted by molar-refractivity contribution is 6.02. The van der Waals surface area contributed by atoms with Gasteiger partial charge in [-0.05, 0) is 5.92 Å². The van der Waals surface area contributed by atoms with Gasteiger partial charge < -0.3 is 65.6 Å². The molecule has 2 heterocycles. The molecule has 10 unspecified atom stereocenters. The highest BCUT2D eigenvalue weighted by atomic mass is 16.6. The number of phenolic OH excluding ortho intramolecular Hbond substituents is 3. The number of benzene rings is 1. The van der Waals surface area contributed by atoms with Crippen molar-refractivity contribution in [1.29, 1.82) is 0 Å². The Balaban J connectivity index is 2.28. The van der Waals surface area contributed by atoms with Gasteiger partial charge in [-0.15, -0.1) is 0 Å². The molecule has 37 heavy (non-hydrogen) atoms. The quantitative estimate of drug-likeness (QED) is 0.156. The summed E-state index contributed by atoms with van der Waals surface area (Å²) in [6, 6.07) is 0. The lowest BCUT2D eigenvalue weighted by Gasteiger charge is -2.42. The van der Waals surface area contributed by atoms with Gasteiger partial charge in [0.2, 0.25) is 0 Å². The molecule has 2 aliphatic rings. The highest BCUT2D eigenvalue weighted by Crippen LogP contribution is 2.53. The standard InChI is InChI=1S/C23H34O14/c1-6(2)3-7(26)10-15(29)11(22-20(34)18(32)13(27)8(4-24)36-22)17(31)12(16(10)30)23-21(35)19(33)14(28)9(5-25)37-23/h6,8-9,13-14,18-25,27-35H,3-5H2,1-2H3. The van der Waals surface area contributed by atoms with Crippen LogP contribution in [0.5, 0.6) is 17.2 Å². The fourth-order valence-electron chi connectivity index (χ4n) is 4.71. The molecule has 0 bridgehead atoms. The predicted octanol–water partition coefficient (Wildman–Crippen LogP) is -2.94. The van der Waals surface area contributed by atoms with Crippen LogP contribution in [-0.2, 0) is 9.47 Å². The number of hydrogen-bond acceptors (Lipinski definition) is 14. The number of Topliss-reactive ketones (excluding diaryl/α,β-unsaturated/α-hetero) is 1. The molecule has 2 aliphatic heterocycles. The molecule has 14 nitrogen and oxygen atoms in total. The Morgan fingerprint density at radius 2 is 1.05 bits per heavy atom. The highest BCUT2D eigenvalue weighted by Gasteiger charge is 2.50. The molecule has 10 atom stereocenters. The Bertz CT molecular complexity index is 916. The van der Waals surface area contributed by atoms with Gasteiger partial charge in [-0.1, -0.05) is 13.8 Å². The molecule has 3 rings (SSSR count). The van der Waals surface area contributed by atoms with Gasteiger partial charge >= 0.3 is 0 Å². The summed E-state index contributed by atoms with van der Waals surface area (Å²) in [6.45, 7) is 1.65. The molecule has 1 aromatic carbocycles. The van der Waals surface area contributed by atoms with Crippen molar-refractivity contribution in [1.82, 2.24) is 0 Å². The Morgan fingerprint density at radius 3 is 1.38 bits per heavy atom. The molecule has 14 heteroatoms.